The van der Waals surface area contributed by atoms with E-state index in [4.69, 9.17) is 4.74 Å². The molecule has 0 bridgehead atoms. The predicted octanol–water partition coefficient (Wildman–Crippen LogP) is 2.19. The van der Waals surface area contributed by atoms with Gasteiger partial charge in [0.2, 0.25) is 5.91 Å². The fourth-order valence-electron chi connectivity index (χ4n) is 2.44. The molecular formula is C16H16FN3O3S. The molecule has 0 aliphatic carbocycles. The molecule has 0 radical (unpaired) electrons. The predicted molar refractivity (Wildman–Crippen MR) is 90.0 cm³/mol. The van der Waals surface area contributed by atoms with Crippen LogP contribution in [0.25, 0.3) is 5.69 Å². The quantitative estimate of drug-likeness (QED) is 0.639. The number of aromatic nitrogens is 2. The van der Waals surface area contributed by atoms with Crippen molar-refractivity contribution in [3.05, 3.63) is 40.2 Å². The van der Waals surface area contributed by atoms with E-state index in [1.807, 2.05) is 6.92 Å². The lowest BCUT2D eigenvalue weighted by Crippen LogP contribution is -2.24. The smallest absolute Gasteiger partial charge is 0.264 e. The first-order valence-corrected chi connectivity index (χ1v) is 8.50. The number of amides is 1. The fourth-order valence-corrected chi connectivity index (χ4v) is 3.17. The summed E-state index contributed by atoms with van der Waals surface area (Å²) in [5, 5.41) is 3.13. The second kappa shape index (κ2) is 7.04. The number of hydrogen-bond acceptors (Lipinski definition) is 5. The molecule has 1 amide bonds. The third-order valence-electron chi connectivity index (χ3n) is 3.46. The minimum absolute atomic E-state index is 0.00951. The fraction of sp³-hybridized carbons (Fsp3) is 0.312. The van der Waals surface area contributed by atoms with Crippen LogP contribution in [0.1, 0.15) is 12.5 Å². The molecule has 0 atom stereocenters. The first-order chi connectivity index (χ1) is 11.6. The number of carbonyl (C=O) groups excluding carboxylic acids is 1. The number of nitrogens with zero attached hydrogens (tertiary/aromatic N) is 2. The Bertz CT molecular complexity index is 821. The molecule has 0 saturated carbocycles. The molecule has 126 valence electrons. The van der Waals surface area contributed by atoms with Crippen LogP contribution in [-0.2, 0) is 11.2 Å². The maximum Gasteiger partial charge on any atom is 0.264 e. The van der Waals surface area contributed by atoms with Gasteiger partial charge in [-0.1, -0.05) is 18.7 Å². The number of hydrogen-bond donors (Lipinski definition) is 1. The number of alkyl halides is 1. The zero-order valence-electron chi connectivity index (χ0n) is 13.0. The van der Waals surface area contributed by atoms with E-state index in [-0.39, 0.29) is 24.5 Å². The van der Waals surface area contributed by atoms with Crippen molar-refractivity contribution in [2.45, 2.75) is 18.5 Å². The van der Waals surface area contributed by atoms with E-state index >= 15 is 0 Å². The van der Waals surface area contributed by atoms with E-state index in [0.29, 0.717) is 28.0 Å². The molecule has 2 heterocycles. The van der Waals surface area contributed by atoms with E-state index in [2.05, 4.69) is 10.3 Å². The molecule has 0 spiro atoms. The molecule has 1 aliphatic heterocycles. The second-order valence-electron chi connectivity index (χ2n) is 5.05. The molecule has 24 heavy (non-hydrogen) atoms. The van der Waals surface area contributed by atoms with Gasteiger partial charge >= 0.3 is 0 Å². The molecule has 0 fully saturated rings. The normalized spacial score (nSPS) is 12.8. The van der Waals surface area contributed by atoms with Crippen LogP contribution in [0.15, 0.2) is 34.2 Å². The van der Waals surface area contributed by atoms with Crippen LogP contribution in [-0.4, -0.2) is 34.5 Å². The van der Waals surface area contributed by atoms with Crippen molar-refractivity contribution in [2.24, 2.45) is 0 Å². The van der Waals surface area contributed by atoms with Crippen LogP contribution in [0.3, 0.4) is 0 Å². The van der Waals surface area contributed by atoms with Gasteiger partial charge in [-0.3, -0.25) is 14.2 Å². The Kier molecular flexibility index (Phi) is 4.84. The van der Waals surface area contributed by atoms with E-state index < -0.39 is 6.67 Å². The highest BCUT2D eigenvalue weighted by Crippen LogP contribution is 2.25. The van der Waals surface area contributed by atoms with Gasteiger partial charge in [-0.25, -0.2) is 9.37 Å². The summed E-state index contributed by atoms with van der Waals surface area (Å²) in [5.41, 5.74) is 0.739. The lowest BCUT2D eigenvalue weighted by atomic mass is 10.2. The van der Waals surface area contributed by atoms with E-state index in [1.165, 1.54) is 16.3 Å². The highest BCUT2D eigenvalue weighted by Gasteiger charge is 2.26. The van der Waals surface area contributed by atoms with Gasteiger partial charge in [-0.15, -0.1) is 0 Å². The lowest BCUT2D eigenvalue weighted by molar-refractivity contribution is -0.115. The van der Waals surface area contributed by atoms with Gasteiger partial charge in [-0.05, 0) is 30.0 Å². The topological polar surface area (TPSA) is 73.2 Å². The standard InChI is InChI=1S/C16H16FN3O3S/c1-2-24-16-19-14-12(9-13(21)18-14)15(22)20(16)10-3-5-11(6-4-10)23-8-7-17/h3-6H,2,7-9H2,1H3,(H,18,21). The Morgan fingerprint density at radius 3 is 2.75 bits per heavy atom. The molecule has 6 nitrogen and oxygen atoms in total. The van der Waals surface area contributed by atoms with Crippen molar-refractivity contribution in [2.75, 3.05) is 24.4 Å². The van der Waals surface area contributed by atoms with Crippen molar-refractivity contribution in [3.8, 4) is 11.4 Å². The zero-order valence-corrected chi connectivity index (χ0v) is 13.9. The summed E-state index contributed by atoms with van der Waals surface area (Å²) in [5.74, 6) is 1.38. The highest BCUT2D eigenvalue weighted by molar-refractivity contribution is 7.99. The third-order valence-corrected chi connectivity index (χ3v) is 4.28. The summed E-state index contributed by atoms with van der Waals surface area (Å²) < 4.78 is 18.9. The number of halogens is 1. The molecular weight excluding hydrogens is 333 g/mol. The Morgan fingerprint density at radius 1 is 1.33 bits per heavy atom. The van der Waals surface area contributed by atoms with Gasteiger partial charge in [0.25, 0.3) is 5.56 Å². The minimum atomic E-state index is -0.561. The van der Waals surface area contributed by atoms with Crippen molar-refractivity contribution in [1.82, 2.24) is 9.55 Å². The highest BCUT2D eigenvalue weighted by atomic mass is 32.2. The van der Waals surface area contributed by atoms with E-state index in [1.54, 1.807) is 24.3 Å². The first-order valence-electron chi connectivity index (χ1n) is 7.51. The van der Waals surface area contributed by atoms with E-state index in [9.17, 15) is 14.0 Å². The van der Waals surface area contributed by atoms with Crippen molar-refractivity contribution >= 4 is 23.5 Å². The van der Waals surface area contributed by atoms with Gasteiger partial charge in [-0.2, -0.15) is 0 Å². The summed E-state index contributed by atoms with van der Waals surface area (Å²) in [7, 11) is 0. The van der Waals surface area contributed by atoms with Crippen LogP contribution >= 0.6 is 11.8 Å². The Balaban J connectivity index is 2.05. The third kappa shape index (κ3) is 3.14. The number of ether oxygens (including phenoxy) is 1. The summed E-state index contributed by atoms with van der Waals surface area (Å²) >= 11 is 1.42. The van der Waals surface area contributed by atoms with Gasteiger partial charge < -0.3 is 10.1 Å². The average Bonchev–Trinajstić information content (AvgIpc) is 2.95. The van der Waals surface area contributed by atoms with Crippen molar-refractivity contribution in [3.63, 3.8) is 0 Å². The van der Waals surface area contributed by atoms with Crippen molar-refractivity contribution in [1.29, 1.82) is 0 Å². The molecule has 8 heteroatoms. The van der Waals surface area contributed by atoms with Gasteiger partial charge in [0.1, 0.15) is 24.8 Å². The molecule has 0 saturated heterocycles. The molecule has 1 aromatic heterocycles. The van der Waals surface area contributed by atoms with Gasteiger partial charge in [0.15, 0.2) is 5.16 Å². The summed E-state index contributed by atoms with van der Waals surface area (Å²) in [6.45, 7) is 1.39. The molecule has 2 aromatic rings. The minimum Gasteiger partial charge on any atom is -0.491 e. The number of fused-ring (bicyclic) bond motifs is 1. The number of rotatable bonds is 6. The maximum absolute atomic E-state index is 12.8. The molecule has 0 unspecified atom stereocenters. The molecule has 3 rings (SSSR count). The average molecular weight is 349 g/mol. The second-order valence-corrected chi connectivity index (χ2v) is 6.28. The van der Waals surface area contributed by atoms with Crippen LogP contribution in [0.4, 0.5) is 10.2 Å². The summed E-state index contributed by atoms with van der Waals surface area (Å²) in [6.07, 6.45) is 0.0376. The zero-order chi connectivity index (χ0) is 17.1. The van der Waals surface area contributed by atoms with E-state index in [0.717, 1.165) is 5.75 Å². The number of anilines is 1. The van der Waals surface area contributed by atoms with Gasteiger partial charge in [0, 0.05) is 0 Å². The SMILES string of the molecule is CCSc1nc2c(c(=O)n1-c1ccc(OCCF)cc1)CC(=O)N2. The Labute approximate surface area is 142 Å². The molecule has 1 aromatic carbocycles. The number of benzene rings is 1. The summed E-state index contributed by atoms with van der Waals surface area (Å²) in [6, 6.07) is 6.78. The Morgan fingerprint density at radius 2 is 2.08 bits per heavy atom. The largest absolute Gasteiger partial charge is 0.491 e. The monoisotopic (exact) mass is 349 g/mol. The number of nitrogens with one attached hydrogen (secondary N) is 1. The number of carbonyl (C=O) groups is 1. The van der Waals surface area contributed by atoms with Gasteiger partial charge in [0.05, 0.1) is 17.7 Å². The maximum atomic E-state index is 12.8. The lowest BCUT2D eigenvalue weighted by Gasteiger charge is -2.13. The first kappa shape index (κ1) is 16.5. The Hall–Kier alpha value is -2.35. The van der Waals surface area contributed by atoms with Crippen LogP contribution in [0.2, 0.25) is 0 Å². The van der Waals surface area contributed by atoms with Crippen LogP contribution < -0.4 is 15.6 Å². The van der Waals surface area contributed by atoms with Crippen LogP contribution in [0.5, 0.6) is 5.75 Å². The molecule has 1 N–H and O–H groups in total. The molecule has 1 aliphatic rings. The summed E-state index contributed by atoms with van der Waals surface area (Å²) in [4.78, 5) is 28.8. The number of thioether (sulfide) groups is 1. The van der Waals surface area contributed by atoms with Crippen molar-refractivity contribution < 1.29 is 13.9 Å². The van der Waals surface area contributed by atoms with Crippen LogP contribution in [0, 0.1) is 0 Å².